The number of aryl methyl sites for hydroxylation is 1. The molecule has 1 amide bonds. The number of nitrogens with zero attached hydrogens (tertiary/aromatic N) is 1. The van der Waals surface area contributed by atoms with Crippen molar-refractivity contribution in [1.29, 1.82) is 0 Å². The van der Waals surface area contributed by atoms with E-state index in [4.69, 9.17) is 21.1 Å². The van der Waals surface area contributed by atoms with Gasteiger partial charge in [0.15, 0.2) is 0 Å². The van der Waals surface area contributed by atoms with Gasteiger partial charge in [-0.1, -0.05) is 54.1 Å². The normalized spacial score (nSPS) is 12.1. The van der Waals surface area contributed by atoms with Crippen molar-refractivity contribution in [3.05, 3.63) is 94.0 Å². The van der Waals surface area contributed by atoms with Crippen molar-refractivity contribution >= 4 is 23.7 Å². The Kier molecular flexibility index (Phi) is 9.35. The first-order chi connectivity index (χ1) is 17.5. The highest BCUT2D eigenvalue weighted by Crippen LogP contribution is 2.26. The lowest BCUT2D eigenvalue weighted by Gasteiger charge is -2.29. The average molecular weight is 524 g/mol. The van der Waals surface area contributed by atoms with E-state index in [1.54, 1.807) is 30.3 Å². The molecule has 1 atom stereocenters. The fourth-order valence-electron chi connectivity index (χ4n) is 3.96. The molecule has 0 saturated carbocycles. The molecule has 37 heavy (non-hydrogen) atoms. The molecule has 0 aromatic heterocycles. The van der Waals surface area contributed by atoms with Crippen LogP contribution in [0.5, 0.6) is 0 Å². The van der Waals surface area contributed by atoms with Crippen molar-refractivity contribution in [3.8, 4) is 11.1 Å². The summed E-state index contributed by atoms with van der Waals surface area (Å²) in [5, 5.41) is 11.3. The third-order valence-electron chi connectivity index (χ3n) is 5.86. The SMILES string of the molecule is COC(=O)c1ccc(-c2ccc(CCN(C[C@H](O)c3cccc(Cl)c3)C(=O)OC(C)(C)C)cc2)c(C)c1. The molecular formula is C30H34ClNO5. The highest BCUT2D eigenvalue weighted by atomic mass is 35.5. The Morgan fingerprint density at radius 2 is 1.73 bits per heavy atom. The molecule has 1 N–H and O–H groups in total. The van der Waals surface area contributed by atoms with Crippen LogP contribution in [0.2, 0.25) is 5.02 Å². The molecule has 196 valence electrons. The molecule has 0 aliphatic rings. The molecule has 0 radical (unpaired) electrons. The van der Waals surface area contributed by atoms with Crippen molar-refractivity contribution < 1.29 is 24.2 Å². The van der Waals surface area contributed by atoms with E-state index in [1.807, 2.05) is 64.1 Å². The Morgan fingerprint density at radius 3 is 2.32 bits per heavy atom. The number of rotatable bonds is 8. The van der Waals surface area contributed by atoms with E-state index in [-0.39, 0.29) is 12.5 Å². The average Bonchev–Trinajstić information content (AvgIpc) is 2.85. The maximum atomic E-state index is 12.9. The van der Waals surface area contributed by atoms with Gasteiger partial charge in [0, 0.05) is 11.6 Å². The second-order valence-corrected chi connectivity index (χ2v) is 10.4. The third-order valence-corrected chi connectivity index (χ3v) is 6.10. The molecule has 0 aliphatic carbocycles. The summed E-state index contributed by atoms with van der Waals surface area (Å²) in [6.45, 7) is 7.86. The van der Waals surface area contributed by atoms with E-state index < -0.39 is 17.8 Å². The van der Waals surface area contributed by atoms with Crippen LogP contribution in [0, 0.1) is 6.92 Å². The Labute approximate surface area is 223 Å². The maximum Gasteiger partial charge on any atom is 0.410 e. The molecule has 0 saturated heterocycles. The summed E-state index contributed by atoms with van der Waals surface area (Å²) in [4.78, 5) is 26.2. The van der Waals surface area contributed by atoms with Crippen LogP contribution in [-0.4, -0.2) is 47.9 Å². The van der Waals surface area contributed by atoms with Crippen LogP contribution >= 0.6 is 11.6 Å². The summed E-state index contributed by atoms with van der Waals surface area (Å²) < 4.78 is 10.4. The number of aliphatic hydroxyl groups is 1. The summed E-state index contributed by atoms with van der Waals surface area (Å²) in [7, 11) is 1.37. The van der Waals surface area contributed by atoms with Gasteiger partial charge in [0.05, 0.1) is 25.3 Å². The topological polar surface area (TPSA) is 76.1 Å². The second kappa shape index (κ2) is 12.3. The van der Waals surface area contributed by atoms with E-state index in [0.717, 1.165) is 22.3 Å². The maximum absolute atomic E-state index is 12.9. The van der Waals surface area contributed by atoms with Gasteiger partial charge in [0.25, 0.3) is 0 Å². The molecule has 0 aliphatic heterocycles. The quantitative estimate of drug-likeness (QED) is 0.336. The number of halogens is 1. The molecule has 3 rings (SSSR count). The van der Waals surface area contributed by atoms with Gasteiger partial charge in [-0.2, -0.15) is 0 Å². The van der Waals surface area contributed by atoms with Crippen LogP contribution in [0.3, 0.4) is 0 Å². The van der Waals surface area contributed by atoms with Gasteiger partial charge in [-0.3, -0.25) is 0 Å². The van der Waals surface area contributed by atoms with Crippen molar-refractivity contribution in [2.45, 2.75) is 45.8 Å². The van der Waals surface area contributed by atoms with Gasteiger partial charge < -0.3 is 19.5 Å². The largest absolute Gasteiger partial charge is 0.465 e. The lowest BCUT2D eigenvalue weighted by molar-refractivity contribution is 0.0147. The minimum Gasteiger partial charge on any atom is -0.465 e. The molecule has 3 aromatic rings. The Balaban J connectivity index is 1.72. The predicted octanol–water partition coefficient (Wildman–Crippen LogP) is 6.62. The predicted molar refractivity (Wildman–Crippen MR) is 146 cm³/mol. The van der Waals surface area contributed by atoms with E-state index in [2.05, 4.69) is 0 Å². The van der Waals surface area contributed by atoms with Crippen LogP contribution in [-0.2, 0) is 15.9 Å². The number of benzene rings is 3. The minimum absolute atomic E-state index is 0.0824. The molecule has 6 nitrogen and oxygen atoms in total. The number of carbonyl (C=O) groups is 2. The van der Waals surface area contributed by atoms with Gasteiger partial charge in [0.2, 0.25) is 0 Å². The third kappa shape index (κ3) is 8.07. The van der Waals surface area contributed by atoms with E-state index in [9.17, 15) is 14.7 Å². The molecule has 0 bridgehead atoms. The molecule has 0 spiro atoms. The Bertz CT molecular complexity index is 1230. The number of carbonyl (C=O) groups excluding carboxylic acids is 2. The van der Waals surface area contributed by atoms with Gasteiger partial charge in [-0.05, 0) is 86.2 Å². The zero-order valence-corrected chi connectivity index (χ0v) is 22.7. The molecule has 0 fully saturated rings. The summed E-state index contributed by atoms with van der Waals surface area (Å²) in [6, 6.07) is 20.5. The highest BCUT2D eigenvalue weighted by Gasteiger charge is 2.24. The zero-order valence-electron chi connectivity index (χ0n) is 22.0. The van der Waals surface area contributed by atoms with Gasteiger partial charge >= 0.3 is 12.1 Å². The summed E-state index contributed by atoms with van der Waals surface area (Å²) in [5.41, 5.74) is 4.57. The van der Waals surface area contributed by atoms with Crippen LogP contribution in [0.25, 0.3) is 11.1 Å². The molecule has 0 unspecified atom stereocenters. The van der Waals surface area contributed by atoms with Crippen LogP contribution in [0.4, 0.5) is 4.79 Å². The van der Waals surface area contributed by atoms with Crippen LogP contribution < -0.4 is 0 Å². The van der Waals surface area contributed by atoms with Crippen molar-refractivity contribution in [3.63, 3.8) is 0 Å². The zero-order chi connectivity index (χ0) is 27.2. The first kappa shape index (κ1) is 28.2. The number of aliphatic hydroxyl groups excluding tert-OH is 1. The van der Waals surface area contributed by atoms with Gasteiger partial charge in [-0.15, -0.1) is 0 Å². The fourth-order valence-corrected chi connectivity index (χ4v) is 4.16. The van der Waals surface area contributed by atoms with Crippen molar-refractivity contribution in [1.82, 2.24) is 4.90 Å². The fraction of sp³-hybridized carbons (Fsp3) is 0.333. The smallest absolute Gasteiger partial charge is 0.410 e. The minimum atomic E-state index is -0.899. The standard InChI is InChI=1S/C30H34ClNO5/c1-20-17-24(28(34)36-5)13-14-26(20)22-11-9-21(10-12-22)15-16-32(29(35)37-30(2,3)4)19-27(33)23-7-6-8-25(31)18-23/h6-14,17-18,27,33H,15-16,19H2,1-5H3/t27-/m0/s1. The van der Waals surface area contributed by atoms with Gasteiger partial charge in [-0.25, -0.2) is 9.59 Å². The number of amides is 1. The number of hydrogen-bond acceptors (Lipinski definition) is 5. The van der Waals surface area contributed by atoms with Crippen LogP contribution in [0.1, 0.15) is 53.9 Å². The molecular weight excluding hydrogens is 490 g/mol. The second-order valence-electron chi connectivity index (χ2n) is 9.97. The molecule has 0 heterocycles. The Hall–Kier alpha value is -3.35. The van der Waals surface area contributed by atoms with E-state index in [0.29, 0.717) is 29.1 Å². The number of hydrogen-bond donors (Lipinski definition) is 1. The summed E-state index contributed by atoms with van der Waals surface area (Å²) >= 11 is 6.07. The van der Waals surface area contributed by atoms with E-state index >= 15 is 0 Å². The first-order valence-electron chi connectivity index (χ1n) is 12.2. The number of methoxy groups -OCH3 is 1. The van der Waals surface area contributed by atoms with E-state index in [1.165, 1.54) is 12.0 Å². The van der Waals surface area contributed by atoms with Gasteiger partial charge in [0.1, 0.15) is 5.60 Å². The molecule has 3 aromatic carbocycles. The lowest BCUT2D eigenvalue weighted by atomic mass is 9.97. The summed E-state index contributed by atoms with van der Waals surface area (Å²) in [6.07, 6.45) is -0.793. The van der Waals surface area contributed by atoms with Crippen molar-refractivity contribution in [2.24, 2.45) is 0 Å². The highest BCUT2D eigenvalue weighted by molar-refractivity contribution is 6.30. The first-order valence-corrected chi connectivity index (χ1v) is 12.5. The lowest BCUT2D eigenvalue weighted by Crippen LogP contribution is -2.40. The number of esters is 1. The summed E-state index contributed by atoms with van der Waals surface area (Å²) in [5.74, 6) is -0.361. The van der Waals surface area contributed by atoms with Crippen molar-refractivity contribution in [2.75, 3.05) is 20.2 Å². The van der Waals surface area contributed by atoms with Crippen LogP contribution in [0.15, 0.2) is 66.7 Å². The monoisotopic (exact) mass is 523 g/mol. The molecule has 7 heteroatoms. The Morgan fingerprint density at radius 1 is 1.03 bits per heavy atom. The number of ether oxygens (including phenoxy) is 2.